The van der Waals surface area contributed by atoms with Gasteiger partial charge in [-0.15, -0.1) is 0 Å². The number of nitrogens with zero attached hydrogens (tertiary/aromatic N) is 5. The second kappa shape index (κ2) is 8.05. The van der Waals surface area contributed by atoms with E-state index in [0.29, 0.717) is 24.1 Å². The fourth-order valence-corrected chi connectivity index (χ4v) is 3.18. The minimum atomic E-state index is 0.00581. The molecule has 0 atom stereocenters. The van der Waals surface area contributed by atoms with E-state index in [1.54, 1.807) is 24.7 Å². The van der Waals surface area contributed by atoms with Gasteiger partial charge in [0, 0.05) is 43.3 Å². The van der Waals surface area contributed by atoms with Crippen LogP contribution in [0.3, 0.4) is 0 Å². The summed E-state index contributed by atoms with van der Waals surface area (Å²) >= 11 is 0. The Hall–Kier alpha value is -3.13. The monoisotopic (exact) mass is 363 g/mol. The number of amides is 1. The van der Waals surface area contributed by atoms with Gasteiger partial charge in [-0.2, -0.15) is 5.10 Å². The van der Waals surface area contributed by atoms with Crippen LogP contribution in [-0.4, -0.2) is 55.1 Å². The molecule has 0 unspecified atom stereocenters. The lowest BCUT2D eigenvalue weighted by atomic mass is 10.0. The molecule has 8 nitrogen and oxygen atoms in total. The zero-order valence-corrected chi connectivity index (χ0v) is 14.9. The third-order valence-corrected chi connectivity index (χ3v) is 4.69. The third-order valence-electron chi connectivity index (χ3n) is 4.69. The molecule has 0 radical (unpaired) electrons. The van der Waals surface area contributed by atoms with Gasteiger partial charge in [-0.05, 0) is 37.1 Å². The Balaban J connectivity index is 1.27. The number of likely N-dealkylation sites (tertiary alicyclic amines) is 1. The maximum Gasteiger partial charge on any atom is 0.272 e. The van der Waals surface area contributed by atoms with Crippen molar-refractivity contribution in [3.05, 3.63) is 60.4 Å². The number of pyridine rings is 2. The first-order chi connectivity index (χ1) is 13.3. The molecular weight excluding hydrogens is 342 g/mol. The van der Waals surface area contributed by atoms with E-state index in [1.807, 2.05) is 29.2 Å². The number of aromatic amines is 1. The molecule has 1 fully saturated rings. The van der Waals surface area contributed by atoms with Crippen LogP contribution in [0.5, 0.6) is 0 Å². The van der Waals surface area contributed by atoms with Crippen LogP contribution >= 0.6 is 0 Å². The van der Waals surface area contributed by atoms with E-state index in [4.69, 9.17) is 0 Å². The number of hydrogen-bond acceptors (Lipinski definition) is 6. The van der Waals surface area contributed by atoms with Gasteiger partial charge in [-0.25, -0.2) is 4.98 Å². The molecule has 8 heteroatoms. The molecule has 1 amide bonds. The number of nitrogens with one attached hydrogen (secondary N) is 2. The predicted octanol–water partition coefficient (Wildman–Crippen LogP) is 1.66. The predicted molar refractivity (Wildman–Crippen MR) is 99.6 cm³/mol. The van der Waals surface area contributed by atoms with E-state index in [-0.39, 0.29) is 5.91 Å². The smallest absolute Gasteiger partial charge is 0.272 e. The molecular formula is C19H21N7O. The molecule has 3 aromatic rings. The molecule has 4 heterocycles. The number of hydrogen-bond donors (Lipinski definition) is 2. The summed E-state index contributed by atoms with van der Waals surface area (Å²) in [4.78, 5) is 27.0. The van der Waals surface area contributed by atoms with E-state index in [1.165, 1.54) is 0 Å². The van der Waals surface area contributed by atoms with Crippen molar-refractivity contribution in [2.75, 3.05) is 13.1 Å². The average Bonchev–Trinajstić information content (AvgIpc) is 3.22. The van der Waals surface area contributed by atoms with Crippen LogP contribution in [-0.2, 0) is 6.54 Å². The van der Waals surface area contributed by atoms with E-state index >= 15 is 0 Å². The molecule has 2 N–H and O–H groups in total. The van der Waals surface area contributed by atoms with Crippen LogP contribution in [0.15, 0.2) is 48.9 Å². The summed E-state index contributed by atoms with van der Waals surface area (Å²) in [6.07, 6.45) is 6.92. The van der Waals surface area contributed by atoms with Gasteiger partial charge in [0.1, 0.15) is 11.5 Å². The van der Waals surface area contributed by atoms with Gasteiger partial charge < -0.3 is 10.2 Å². The zero-order valence-electron chi connectivity index (χ0n) is 14.9. The molecule has 0 aromatic carbocycles. The number of aromatic nitrogens is 5. The van der Waals surface area contributed by atoms with Crippen LogP contribution in [0.1, 0.15) is 29.2 Å². The number of carbonyl (C=O) groups excluding carboxylic acids is 1. The normalized spacial score (nSPS) is 15.0. The lowest BCUT2D eigenvalue weighted by molar-refractivity contribution is 0.0698. The second-order valence-corrected chi connectivity index (χ2v) is 6.50. The average molecular weight is 363 g/mol. The highest BCUT2D eigenvalue weighted by Gasteiger charge is 2.24. The van der Waals surface area contributed by atoms with Gasteiger partial charge in [0.05, 0.1) is 6.54 Å². The van der Waals surface area contributed by atoms with Gasteiger partial charge in [0.25, 0.3) is 5.91 Å². The Kier molecular flexibility index (Phi) is 5.15. The molecule has 0 spiro atoms. The van der Waals surface area contributed by atoms with E-state index in [2.05, 4.69) is 30.5 Å². The Bertz CT molecular complexity index is 873. The fraction of sp³-hybridized carbons (Fsp3) is 0.316. The summed E-state index contributed by atoms with van der Waals surface area (Å²) in [5, 5.41) is 10.7. The molecule has 0 bridgehead atoms. The van der Waals surface area contributed by atoms with Gasteiger partial charge in [0.2, 0.25) is 0 Å². The SMILES string of the molecule is O=C(c1ccccn1)N1CCC(NCc2nc(-c3ccncc3)n[nH]2)CC1. The number of rotatable bonds is 5. The molecule has 138 valence electrons. The minimum absolute atomic E-state index is 0.00581. The Morgan fingerprint density at radius 2 is 1.96 bits per heavy atom. The van der Waals surface area contributed by atoms with Gasteiger partial charge in [-0.3, -0.25) is 19.9 Å². The van der Waals surface area contributed by atoms with Crippen LogP contribution in [0.25, 0.3) is 11.4 Å². The quantitative estimate of drug-likeness (QED) is 0.715. The molecule has 1 aliphatic rings. The lowest BCUT2D eigenvalue weighted by Gasteiger charge is -2.32. The van der Waals surface area contributed by atoms with Gasteiger partial charge in [-0.1, -0.05) is 6.07 Å². The van der Waals surface area contributed by atoms with Crippen molar-refractivity contribution in [3.63, 3.8) is 0 Å². The molecule has 27 heavy (non-hydrogen) atoms. The summed E-state index contributed by atoms with van der Waals surface area (Å²) in [6, 6.07) is 9.54. The fourth-order valence-electron chi connectivity index (χ4n) is 3.18. The zero-order chi connectivity index (χ0) is 18.5. The highest BCUT2D eigenvalue weighted by molar-refractivity contribution is 5.92. The largest absolute Gasteiger partial charge is 0.337 e. The summed E-state index contributed by atoms with van der Waals surface area (Å²) in [6.45, 7) is 2.08. The summed E-state index contributed by atoms with van der Waals surface area (Å²) in [7, 11) is 0. The number of carbonyl (C=O) groups is 1. The standard InChI is InChI=1S/C19H21N7O/c27-19(16-3-1-2-8-21-16)26-11-6-15(7-12-26)22-13-17-23-18(25-24-17)14-4-9-20-10-5-14/h1-5,8-10,15,22H,6-7,11-13H2,(H,23,24,25). The first-order valence-electron chi connectivity index (χ1n) is 9.05. The van der Waals surface area contributed by atoms with Crippen molar-refractivity contribution >= 4 is 5.91 Å². The number of piperidine rings is 1. The Morgan fingerprint density at radius 3 is 2.70 bits per heavy atom. The summed E-state index contributed by atoms with van der Waals surface area (Å²) < 4.78 is 0. The van der Waals surface area contributed by atoms with Crippen molar-refractivity contribution in [1.29, 1.82) is 0 Å². The van der Waals surface area contributed by atoms with Crippen molar-refractivity contribution < 1.29 is 4.79 Å². The summed E-state index contributed by atoms with van der Waals surface area (Å²) in [5.74, 6) is 1.48. The van der Waals surface area contributed by atoms with Crippen molar-refractivity contribution in [3.8, 4) is 11.4 Å². The first-order valence-corrected chi connectivity index (χ1v) is 9.05. The number of H-pyrrole nitrogens is 1. The minimum Gasteiger partial charge on any atom is -0.337 e. The highest BCUT2D eigenvalue weighted by atomic mass is 16.2. The maximum absolute atomic E-state index is 12.4. The van der Waals surface area contributed by atoms with Crippen LogP contribution in [0, 0.1) is 0 Å². The van der Waals surface area contributed by atoms with Crippen molar-refractivity contribution in [1.82, 2.24) is 35.4 Å². The lowest BCUT2D eigenvalue weighted by Crippen LogP contribution is -2.45. The highest BCUT2D eigenvalue weighted by Crippen LogP contribution is 2.15. The van der Waals surface area contributed by atoms with Gasteiger partial charge in [0.15, 0.2) is 5.82 Å². The van der Waals surface area contributed by atoms with E-state index in [0.717, 1.165) is 37.3 Å². The molecule has 1 saturated heterocycles. The molecule has 0 saturated carbocycles. The topological polar surface area (TPSA) is 99.7 Å². The van der Waals surface area contributed by atoms with E-state index < -0.39 is 0 Å². The second-order valence-electron chi connectivity index (χ2n) is 6.50. The van der Waals surface area contributed by atoms with Gasteiger partial charge >= 0.3 is 0 Å². The third kappa shape index (κ3) is 4.17. The molecule has 0 aliphatic carbocycles. The first kappa shape index (κ1) is 17.3. The van der Waals surface area contributed by atoms with Crippen LogP contribution < -0.4 is 5.32 Å². The Morgan fingerprint density at radius 1 is 1.15 bits per heavy atom. The summed E-state index contributed by atoms with van der Waals surface area (Å²) in [5.41, 5.74) is 1.45. The van der Waals surface area contributed by atoms with Crippen molar-refractivity contribution in [2.45, 2.75) is 25.4 Å². The van der Waals surface area contributed by atoms with E-state index in [9.17, 15) is 4.79 Å². The van der Waals surface area contributed by atoms with Crippen LogP contribution in [0.4, 0.5) is 0 Å². The molecule has 4 rings (SSSR count). The molecule has 1 aliphatic heterocycles. The molecule has 3 aromatic heterocycles. The maximum atomic E-state index is 12.4. The van der Waals surface area contributed by atoms with Crippen molar-refractivity contribution in [2.24, 2.45) is 0 Å². The Labute approximate surface area is 157 Å². The van der Waals surface area contributed by atoms with Crippen LogP contribution in [0.2, 0.25) is 0 Å².